The molecule has 0 aliphatic carbocycles. The van der Waals surface area contributed by atoms with E-state index >= 15 is 0 Å². The van der Waals surface area contributed by atoms with E-state index in [2.05, 4.69) is 5.32 Å². The lowest BCUT2D eigenvalue weighted by Gasteiger charge is -2.13. The minimum absolute atomic E-state index is 0.0350. The Bertz CT molecular complexity index is 594. The second-order valence-electron chi connectivity index (χ2n) is 3.76. The number of rotatable bonds is 4. The average Bonchev–Trinajstić information content (AvgIpc) is 2.83. The van der Waals surface area contributed by atoms with Crippen LogP contribution in [-0.4, -0.2) is 17.0 Å². The largest absolute Gasteiger partial charge is 0.479 e. The standard InChI is InChI=1S/C13H10ClNO4/c14-10-7-6-9(19-10)12(16)15-11(13(17)18)8-4-2-1-3-5-8/h1-7,11H,(H,15,16)(H,17,18). The molecule has 0 fully saturated rings. The van der Waals surface area contributed by atoms with Crippen LogP contribution in [0.3, 0.4) is 0 Å². The summed E-state index contributed by atoms with van der Waals surface area (Å²) in [6, 6.07) is 10.0. The predicted molar refractivity (Wildman–Crippen MR) is 68.0 cm³/mol. The highest BCUT2D eigenvalue weighted by molar-refractivity contribution is 6.29. The van der Waals surface area contributed by atoms with Gasteiger partial charge in [-0.15, -0.1) is 0 Å². The second-order valence-corrected chi connectivity index (χ2v) is 4.13. The highest BCUT2D eigenvalue weighted by Crippen LogP contribution is 2.16. The minimum Gasteiger partial charge on any atom is -0.479 e. The number of amides is 1. The van der Waals surface area contributed by atoms with Crippen LogP contribution >= 0.6 is 11.6 Å². The Morgan fingerprint density at radius 1 is 1.16 bits per heavy atom. The van der Waals surface area contributed by atoms with Gasteiger partial charge in [0.1, 0.15) is 0 Å². The summed E-state index contributed by atoms with van der Waals surface area (Å²) >= 11 is 5.56. The van der Waals surface area contributed by atoms with Crippen LogP contribution in [-0.2, 0) is 4.79 Å². The molecule has 2 aromatic rings. The molecule has 0 aliphatic heterocycles. The molecule has 6 heteroatoms. The molecular weight excluding hydrogens is 270 g/mol. The number of aliphatic carboxylic acids is 1. The van der Waals surface area contributed by atoms with E-state index in [1.807, 2.05) is 0 Å². The summed E-state index contributed by atoms with van der Waals surface area (Å²) in [4.78, 5) is 23.0. The zero-order valence-corrected chi connectivity index (χ0v) is 10.4. The first-order valence-electron chi connectivity index (χ1n) is 5.42. The molecule has 1 atom stereocenters. The van der Waals surface area contributed by atoms with Crippen molar-refractivity contribution >= 4 is 23.5 Å². The Balaban J connectivity index is 2.18. The molecule has 0 spiro atoms. The summed E-state index contributed by atoms with van der Waals surface area (Å²) in [7, 11) is 0. The number of nitrogens with one attached hydrogen (secondary N) is 1. The Kier molecular flexibility index (Phi) is 3.87. The third-order valence-corrected chi connectivity index (χ3v) is 2.66. The fourth-order valence-electron chi connectivity index (χ4n) is 1.57. The van der Waals surface area contributed by atoms with Gasteiger partial charge in [-0.2, -0.15) is 0 Å². The number of halogens is 1. The molecule has 1 amide bonds. The van der Waals surface area contributed by atoms with Gasteiger partial charge in [0.2, 0.25) is 0 Å². The molecular formula is C13H10ClNO4. The summed E-state index contributed by atoms with van der Waals surface area (Å²) in [6.07, 6.45) is 0. The maximum absolute atomic E-state index is 11.8. The topological polar surface area (TPSA) is 79.5 Å². The monoisotopic (exact) mass is 279 g/mol. The normalized spacial score (nSPS) is 11.8. The van der Waals surface area contributed by atoms with E-state index in [9.17, 15) is 9.59 Å². The summed E-state index contributed by atoms with van der Waals surface area (Å²) in [5.41, 5.74) is 0.473. The van der Waals surface area contributed by atoms with Crippen LogP contribution in [0, 0.1) is 0 Å². The number of carboxylic acids is 1. The predicted octanol–water partition coefficient (Wildman–Crippen LogP) is 2.49. The van der Waals surface area contributed by atoms with Crippen LogP contribution in [0.15, 0.2) is 46.9 Å². The Morgan fingerprint density at radius 3 is 2.37 bits per heavy atom. The molecule has 2 rings (SSSR count). The van der Waals surface area contributed by atoms with E-state index in [-0.39, 0.29) is 11.0 Å². The fraction of sp³-hybridized carbons (Fsp3) is 0.0769. The molecule has 2 N–H and O–H groups in total. The summed E-state index contributed by atoms with van der Waals surface area (Å²) in [6.45, 7) is 0. The van der Waals surface area contributed by atoms with E-state index in [0.29, 0.717) is 5.56 Å². The van der Waals surface area contributed by atoms with E-state index < -0.39 is 17.9 Å². The van der Waals surface area contributed by atoms with Crippen molar-refractivity contribution in [3.05, 3.63) is 59.0 Å². The van der Waals surface area contributed by atoms with Crippen LogP contribution in [0.5, 0.6) is 0 Å². The highest BCUT2D eigenvalue weighted by atomic mass is 35.5. The van der Waals surface area contributed by atoms with E-state index in [4.69, 9.17) is 21.1 Å². The molecule has 0 aliphatic rings. The number of carbonyl (C=O) groups is 2. The summed E-state index contributed by atoms with van der Waals surface area (Å²) < 4.78 is 4.92. The van der Waals surface area contributed by atoms with Crippen molar-refractivity contribution in [2.24, 2.45) is 0 Å². The fourth-order valence-corrected chi connectivity index (χ4v) is 1.72. The first-order chi connectivity index (χ1) is 9.08. The minimum atomic E-state index is -1.16. The van der Waals surface area contributed by atoms with Gasteiger partial charge < -0.3 is 14.8 Å². The molecule has 1 aromatic heterocycles. The van der Waals surface area contributed by atoms with Crippen molar-refractivity contribution in [2.75, 3.05) is 0 Å². The van der Waals surface area contributed by atoms with Gasteiger partial charge >= 0.3 is 5.97 Å². The zero-order valence-electron chi connectivity index (χ0n) is 9.67. The molecule has 1 unspecified atom stereocenters. The molecule has 98 valence electrons. The van der Waals surface area contributed by atoms with Gasteiger partial charge in [0, 0.05) is 0 Å². The molecule has 0 saturated heterocycles. The van der Waals surface area contributed by atoms with Crippen LogP contribution in [0.2, 0.25) is 5.22 Å². The van der Waals surface area contributed by atoms with Crippen LogP contribution < -0.4 is 5.32 Å². The highest BCUT2D eigenvalue weighted by Gasteiger charge is 2.23. The van der Waals surface area contributed by atoms with Gasteiger partial charge in [0.15, 0.2) is 17.0 Å². The number of carboxylic acid groups (broad SMARTS) is 1. The molecule has 1 aromatic carbocycles. The third kappa shape index (κ3) is 3.14. The van der Waals surface area contributed by atoms with Crippen LogP contribution in [0.1, 0.15) is 22.2 Å². The van der Waals surface area contributed by atoms with Crippen LogP contribution in [0.25, 0.3) is 0 Å². The van der Waals surface area contributed by atoms with Crippen molar-refractivity contribution in [3.8, 4) is 0 Å². The third-order valence-electron chi connectivity index (χ3n) is 2.45. The lowest BCUT2D eigenvalue weighted by atomic mass is 10.1. The SMILES string of the molecule is O=C(NC(C(=O)O)c1ccccc1)c1ccc(Cl)o1. The quantitative estimate of drug-likeness (QED) is 0.901. The van der Waals surface area contributed by atoms with E-state index in [0.717, 1.165) is 0 Å². The van der Waals surface area contributed by atoms with Gasteiger partial charge in [-0.3, -0.25) is 4.79 Å². The Morgan fingerprint density at radius 2 is 1.84 bits per heavy atom. The molecule has 0 radical (unpaired) electrons. The van der Waals surface area contributed by atoms with Crippen molar-refractivity contribution in [1.29, 1.82) is 0 Å². The summed E-state index contributed by atoms with van der Waals surface area (Å²) in [5, 5.41) is 11.6. The summed E-state index contributed by atoms with van der Waals surface area (Å²) in [5.74, 6) is -1.83. The van der Waals surface area contributed by atoms with Gasteiger partial charge in [-0.1, -0.05) is 30.3 Å². The van der Waals surface area contributed by atoms with Crippen LogP contribution in [0.4, 0.5) is 0 Å². The van der Waals surface area contributed by atoms with Gasteiger partial charge in [-0.25, -0.2) is 4.79 Å². The van der Waals surface area contributed by atoms with Crippen molar-refractivity contribution < 1.29 is 19.1 Å². The smallest absolute Gasteiger partial charge is 0.330 e. The second kappa shape index (κ2) is 5.58. The molecule has 5 nitrogen and oxygen atoms in total. The maximum Gasteiger partial charge on any atom is 0.330 e. The van der Waals surface area contributed by atoms with E-state index in [1.165, 1.54) is 12.1 Å². The number of hydrogen-bond donors (Lipinski definition) is 2. The molecule has 19 heavy (non-hydrogen) atoms. The maximum atomic E-state index is 11.8. The van der Waals surface area contributed by atoms with Gasteiger partial charge in [-0.05, 0) is 29.3 Å². The first kappa shape index (κ1) is 13.2. The number of benzene rings is 1. The molecule has 0 bridgehead atoms. The Hall–Kier alpha value is -2.27. The van der Waals surface area contributed by atoms with Crippen molar-refractivity contribution in [2.45, 2.75) is 6.04 Å². The number of carbonyl (C=O) groups excluding carboxylic acids is 1. The number of furan rings is 1. The van der Waals surface area contributed by atoms with Gasteiger partial charge in [0.05, 0.1) is 0 Å². The average molecular weight is 280 g/mol. The van der Waals surface area contributed by atoms with Crippen molar-refractivity contribution in [1.82, 2.24) is 5.32 Å². The van der Waals surface area contributed by atoms with Crippen molar-refractivity contribution in [3.63, 3.8) is 0 Å². The lowest BCUT2D eigenvalue weighted by molar-refractivity contribution is -0.139. The first-order valence-corrected chi connectivity index (χ1v) is 5.79. The lowest BCUT2D eigenvalue weighted by Crippen LogP contribution is -2.33. The van der Waals surface area contributed by atoms with E-state index in [1.54, 1.807) is 30.3 Å². The number of hydrogen-bond acceptors (Lipinski definition) is 3. The zero-order chi connectivity index (χ0) is 13.8. The van der Waals surface area contributed by atoms with Gasteiger partial charge in [0.25, 0.3) is 5.91 Å². The molecule has 0 saturated carbocycles. The Labute approximate surface area is 113 Å². The molecule has 1 heterocycles.